The Morgan fingerprint density at radius 3 is 2.50 bits per heavy atom. The van der Waals surface area contributed by atoms with Gasteiger partial charge in [0.1, 0.15) is 24.2 Å². The summed E-state index contributed by atoms with van der Waals surface area (Å²) in [6.45, 7) is 5.20. The molecule has 5 atom stereocenters. The zero-order valence-electron chi connectivity index (χ0n) is 20.7. The second kappa shape index (κ2) is 11.5. The summed E-state index contributed by atoms with van der Waals surface area (Å²) < 4.78 is 0. The highest BCUT2D eigenvalue weighted by Gasteiger charge is 2.39. The van der Waals surface area contributed by atoms with E-state index in [4.69, 9.17) is 5.73 Å². The number of benzene rings is 1. The van der Waals surface area contributed by atoms with Crippen molar-refractivity contribution in [3.63, 3.8) is 0 Å². The van der Waals surface area contributed by atoms with Gasteiger partial charge < -0.3 is 36.5 Å². The van der Waals surface area contributed by atoms with Crippen LogP contribution in [0.5, 0.6) is 0 Å². The molecule has 36 heavy (non-hydrogen) atoms. The van der Waals surface area contributed by atoms with Gasteiger partial charge in [0.2, 0.25) is 17.7 Å². The van der Waals surface area contributed by atoms with Crippen LogP contribution in [0.1, 0.15) is 39.2 Å². The number of nitrogens with zero attached hydrogens (tertiary/aromatic N) is 1. The lowest BCUT2D eigenvalue weighted by atomic mass is 10.0. The minimum atomic E-state index is -1.21. The van der Waals surface area contributed by atoms with E-state index >= 15 is 0 Å². The molecule has 5 unspecified atom stereocenters. The summed E-state index contributed by atoms with van der Waals surface area (Å²) in [5.41, 5.74) is 7.39. The molecule has 196 valence electrons. The van der Waals surface area contributed by atoms with Crippen molar-refractivity contribution in [3.8, 4) is 0 Å². The normalized spacial score (nSPS) is 19.1. The maximum atomic E-state index is 13.1. The molecular formula is C25H35N5O6. The molecule has 0 bridgehead atoms. The molecular weight excluding hydrogens is 466 g/mol. The zero-order valence-corrected chi connectivity index (χ0v) is 20.7. The summed E-state index contributed by atoms with van der Waals surface area (Å²) in [5.74, 6) is -3.21. The van der Waals surface area contributed by atoms with Crippen LogP contribution in [-0.2, 0) is 25.6 Å². The van der Waals surface area contributed by atoms with Crippen molar-refractivity contribution < 1.29 is 29.4 Å². The minimum absolute atomic E-state index is 0.0615. The number of para-hydroxylation sites is 1. The van der Waals surface area contributed by atoms with Crippen molar-refractivity contribution in [2.45, 2.75) is 70.3 Å². The topological polar surface area (TPSA) is 178 Å². The number of aliphatic hydroxyl groups is 1. The lowest BCUT2D eigenvalue weighted by Gasteiger charge is -2.30. The number of fused-ring (bicyclic) bond motifs is 1. The van der Waals surface area contributed by atoms with Crippen molar-refractivity contribution in [1.82, 2.24) is 20.5 Å². The van der Waals surface area contributed by atoms with Gasteiger partial charge in [0.15, 0.2) is 0 Å². The number of carboxylic acids is 1. The molecule has 1 fully saturated rings. The van der Waals surface area contributed by atoms with Gasteiger partial charge >= 0.3 is 5.97 Å². The molecule has 0 radical (unpaired) electrons. The number of amides is 3. The van der Waals surface area contributed by atoms with Gasteiger partial charge in [-0.05, 0) is 37.3 Å². The number of hydrogen-bond acceptors (Lipinski definition) is 6. The number of carboxylic acid groups (broad SMARTS) is 1. The number of aromatic amines is 1. The van der Waals surface area contributed by atoms with E-state index in [9.17, 15) is 29.4 Å². The quantitative estimate of drug-likeness (QED) is 0.268. The van der Waals surface area contributed by atoms with Gasteiger partial charge in [-0.2, -0.15) is 0 Å². The van der Waals surface area contributed by atoms with Gasteiger partial charge in [0.05, 0.1) is 6.10 Å². The van der Waals surface area contributed by atoms with Gasteiger partial charge in [-0.25, -0.2) is 4.79 Å². The maximum absolute atomic E-state index is 13.1. The Bertz CT molecular complexity index is 1110. The first kappa shape index (κ1) is 27.2. The van der Waals surface area contributed by atoms with Gasteiger partial charge in [-0.3, -0.25) is 14.4 Å². The first-order valence-electron chi connectivity index (χ1n) is 12.1. The van der Waals surface area contributed by atoms with Crippen molar-refractivity contribution in [2.24, 2.45) is 11.7 Å². The summed E-state index contributed by atoms with van der Waals surface area (Å²) in [4.78, 5) is 55.2. The number of nitrogens with one attached hydrogen (secondary N) is 3. The standard InChI is InChI=1S/C25H35N5O6/c1-13(2)21(29-22(32)19-9-6-10-30(19)24(34)20(26)14(3)31)23(33)28-18(25(35)36)11-15-12-27-17-8-5-4-7-16(15)17/h4-5,7-8,12-14,18-21,27,31H,6,9-11,26H2,1-3H3,(H,28,33)(H,29,32)(H,35,36). The number of H-pyrrole nitrogens is 1. The number of nitrogens with two attached hydrogens (primary N) is 1. The van der Waals surface area contributed by atoms with Gasteiger partial charge in [-0.15, -0.1) is 0 Å². The smallest absolute Gasteiger partial charge is 0.326 e. The average Bonchev–Trinajstić information content (AvgIpc) is 3.48. The second-order valence-corrected chi connectivity index (χ2v) is 9.65. The monoisotopic (exact) mass is 501 g/mol. The highest BCUT2D eigenvalue weighted by molar-refractivity contribution is 5.95. The third-order valence-corrected chi connectivity index (χ3v) is 6.60. The number of hydrogen-bond donors (Lipinski definition) is 6. The van der Waals surface area contributed by atoms with Crippen molar-refractivity contribution in [1.29, 1.82) is 0 Å². The molecule has 1 aromatic carbocycles. The molecule has 2 aromatic rings. The summed E-state index contributed by atoms with van der Waals surface area (Å²) in [6.07, 6.45) is 1.70. The van der Waals surface area contributed by atoms with Crippen LogP contribution in [-0.4, -0.2) is 80.6 Å². The Balaban J connectivity index is 1.70. The third-order valence-electron chi connectivity index (χ3n) is 6.60. The second-order valence-electron chi connectivity index (χ2n) is 9.65. The van der Waals surface area contributed by atoms with Crippen LogP contribution >= 0.6 is 0 Å². The van der Waals surface area contributed by atoms with E-state index in [1.807, 2.05) is 24.3 Å². The van der Waals surface area contributed by atoms with Gasteiger partial charge in [0, 0.05) is 30.1 Å². The largest absolute Gasteiger partial charge is 0.480 e. The minimum Gasteiger partial charge on any atom is -0.480 e. The van der Waals surface area contributed by atoms with E-state index < -0.39 is 54.0 Å². The number of aliphatic carboxylic acids is 1. The van der Waals surface area contributed by atoms with E-state index in [-0.39, 0.29) is 12.3 Å². The molecule has 0 saturated carbocycles. The molecule has 11 heteroatoms. The number of rotatable bonds is 10. The van der Waals surface area contributed by atoms with Crippen LogP contribution in [0, 0.1) is 5.92 Å². The van der Waals surface area contributed by atoms with E-state index in [1.165, 1.54) is 11.8 Å². The Kier molecular flexibility index (Phi) is 8.70. The van der Waals surface area contributed by atoms with E-state index in [0.29, 0.717) is 19.4 Å². The van der Waals surface area contributed by atoms with Crippen molar-refractivity contribution in [2.75, 3.05) is 6.54 Å². The van der Waals surface area contributed by atoms with Crippen LogP contribution < -0.4 is 16.4 Å². The Labute approximate surface area is 209 Å². The fourth-order valence-corrected chi connectivity index (χ4v) is 4.47. The molecule has 1 saturated heterocycles. The van der Waals surface area contributed by atoms with Gasteiger partial charge in [-0.1, -0.05) is 32.0 Å². The lowest BCUT2D eigenvalue weighted by molar-refractivity contribution is -0.144. The predicted molar refractivity (Wildman–Crippen MR) is 133 cm³/mol. The average molecular weight is 502 g/mol. The summed E-state index contributed by atoms with van der Waals surface area (Å²) >= 11 is 0. The molecule has 1 aliphatic heterocycles. The van der Waals surface area contributed by atoms with Crippen molar-refractivity contribution in [3.05, 3.63) is 36.0 Å². The molecule has 3 rings (SSSR count). The number of carbonyl (C=O) groups excluding carboxylic acids is 3. The Morgan fingerprint density at radius 1 is 1.17 bits per heavy atom. The summed E-state index contributed by atoms with van der Waals surface area (Å²) in [5, 5.41) is 25.6. The molecule has 7 N–H and O–H groups in total. The predicted octanol–water partition coefficient (Wildman–Crippen LogP) is 0.120. The maximum Gasteiger partial charge on any atom is 0.326 e. The molecule has 2 heterocycles. The van der Waals surface area contributed by atoms with E-state index in [1.54, 1.807) is 20.0 Å². The third kappa shape index (κ3) is 6.03. The fraction of sp³-hybridized carbons (Fsp3) is 0.520. The van der Waals surface area contributed by atoms with Crippen molar-refractivity contribution >= 4 is 34.6 Å². The highest BCUT2D eigenvalue weighted by atomic mass is 16.4. The number of likely N-dealkylation sites (tertiary alicyclic amines) is 1. The molecule has 1 aromatic heterocycles. The van der Waals surface area contributed by atoms with E-state index in [2.05, 4.69) is 15.6 Å². The van der Waals surface area contributed by atoms with E-state index in [0.717, 1.165) is 16.5 Å². The summed E-state index contributed by atoms with van der Waals surface area (Å²) in [6, 6.07) is 3.28. The molecule has 11 nitrogen and oxygen atoms in total. The summed E-state index contributed by atoms with van der Waals surface area (Å²) in [7, 11) is 0. The van der Waals surface area contributed by atoms with Crippen LogP contribution in [0.15, 0.2) is 30.5 Å². The Morgan fingerprint density at radius 2 is 1.86 bits per heavy atom. The molecule has 0 aliphatic carbocycles. The number of aromatic nitrogens is 1. The highest BCUT2D eigenvalue weighted by Crippen LogP contribution is 2.21. The van der Waals surface area contributed by atoms with Gasteiger partial charge in [0.25, 0.3) is 0 Å². The first-order valence-corrected chi connectivity index (χ1v) is 12.1. The fourth-order valence-electron chi connectivity index (χ4n) is 4.47. The Hall–Kier alpha value is -3.44. The van der Waals surface area contributed by atoms with Crippen LogP contribution in [0.3, 0.4) is 0 Å². The number of aliphatic hydroxyl groups excluding tert-OH is 1. The SMILES string of the molecule is CC(C)C(NC(=O)C1CCCN1C(=O)C(N)C(C)O)C(=O)NC(Cc1c[nH]c2ccccc12)C(=O)O. The number of carbonyl (C=O) groups is 4. The lowest BCUT2D eigenvalue weighted by Crippen LogP contribution is -2.58. The van der Waals surface area contributed by atoms with Crippen LogP contribution in [0.2, 0.25) is 0 Å². The first-order chi connectivity index (χ1) is 17.0. The molecule has 3 amide bonds. The molecule has 1 aliphatic rings. The zero-order chi connectivity index (χ0) is 26.6. The van der Waals surface area contributed by atoms with Crippen LogP contribution in [0.4, 0.5) is 0 Å². The molecule has 0 spiro atoms. The van der Waals surface area contributed by atoms with Crippen LogP contribution in [0.25, 0.3) is 10.9 Å².